The van der Waals surface area contributed by atoms with Crippen molar-refractivity contribution in [2.45, 2.75) is 25.6 Å². The van der Waals surface area contributed by atoms with Crippen molar-refractivity contribution < 1.29 is 19.7 Å². The highest BCUT2D eigenvalue weighted by Crippen LogP contribution is 2.21. The van der Waals surface area contributed by atoms with Gasteiger partial charge in [-0.25, -0.2) is 4.79 Å². The molecule has 2 N–H and O–H groups in total. The standard InChI is InChI=1S/C15H21NO4/c17-9-7-13-6-8-16(10-14(13)18)15(19)20-11-12-4-2-1-3-5-12/h1-5,13-14,17-18H,6-11H2. The predicted molar refractivity (Wildman–Crippen MR) is 74.0 cm³/mol. The van der Waals surface area contributed by atoms with Gasteiger partial charge in [0.15, 0.2) is 0 Å². The maximum absolute atomic E-state index is 11.9. The SMILES string of the molecule is O=C(OCc1ccccc1)N1CCC(CCO)C(O)C1. The van der Waals surface area contributed by atoms with E-state index in [1.165, 1.54) is 4.90 Å². The van der Waals surface area contributed by atoms with Gasteiger partial charge in [-0.15, -0.1) is 0 Å². The molecule has 1 aromatic rings. The minimum absolute atomic E-state index is 0.0678. The van der Waals surface area contributed by atoms with Gasteiger partial charge in [-0.05, 0) is 24.3 Å². The van der Waals surface area contributed by atoms with Gasteiger partial charge in [-0.2, -0.15) is 0 Å². The van der Waals surface area contributed by atoms with Gasteiger partial charge in [0.25, 0.3) is 0 Å². The van der Waals surface area contributed by atoms with Crippen molar-refractivity contribution in [1.82, 2.24) is 4.90 Å². The highest BCUT2D eigenvalue weighted by Gasteiger charge is 2.30. The summed E-state index contributed by atoms with van der Waals surface area (Å²) in [5, 5.41) is 18.8. The molecule has 110 valence electrons. The number of rotatable bonds is 4. The van der Waals surface area contributed by atoms with Crippen molar-refractivity contribution in [3.63, 3.8) is 0 Å². The van der Waals surface area contributed by atoms with Crippen molar-refractivity contribution in [3.8, 4) is 0 Å². The van der Waals surface area contributed by atoms with Crippen molar-refractivity contribution in [2.24, 2.45) is 5.92 Å². The number of amides is 1. The number of hydrogen-bond donors (Lipinski definition) is 2. The van der Waals surface area contributed by atoms with Crippen LogP contribution in [0.15, 0.2) is 30.3 Å². The van der Waals surface area contributed by atoms with Gasteiger partial charge in [0.05, 0.1) is 12.6 Å². The van der Waals surface area contributed by atoms with Gasteiger partial charge in [0.2, 0.25) is 0 Å². The first-order valence-corrected chi connectivity index (χ1v) is 6.95. The number of benzene rings is 1. The quantitative estimate of drug-likeness (QED) is 0.874. The zero-order chi connectivity index (χ0) is 14.4. The van der Waals surface area contributed by atoms with Gasteiger partial charge < -0.3 is 19.8 Å². The van der Waals surface area contributed by atoms with Gasteiger partial charge >= 0.3 is 6.09 Å². The summed E-state index contributed by atoms with van der Waals surface area (Å²) < 4.78 is 5.24. The van der Waals surface area contributed by atoms with E-state index in [4.69, 9.17) is 9.84 Å². The molecule has 1 amide bonds. The molecular weight excluding hydrogens is 258 g/mol. The van der Waals surface area contributed by atoms with Gasteiger partial charge in [-0.3, -0.25) is 0 Å². The fourth-order valence-corrected chi connectivity index (χ4v) is 2.46. The minimum Gasteiger partial charge on any atom is -0.445 e. The van der Waals surface area contributed by atoms with Gasteiger partial charge in [0.1, 0.15) is 6.61 Å². The summed E-state index contributed by atoms with van der Waals surface area (Å²) in [6, 6.07) is 9.50. The summed E-state index contributed by atoms with van der Waals surface area (Å²) in [6.45, 7) is 1.15. The van der Waals surface area contributed by atoms with E-state index in [1.807, 2.05) is 30.3 Å². The highest BCUT2D eigenvalue weighted by molar-refractivity contribution is 5.67. The Morgan fingerprint density at radius 3 is 2.75 bits per heavy atom. The van der Waals surface area contributed by atoms with Crippen molar-refractivity contribution in [1.29, 1.82) is 0 Å². The molecule has 1 aromatic carbocycles. The fraction of sp³-hybridized carbons (Fsp3) is 0.533. The second-order valence-corrected chi connectivity index (χ2v) is 5.11. The molecule has 1 aliphatic heterocycles. The second-order valence-electron chi connectivity index (χ2n) is 5.11. The third kappa shape index (κ3) is 3.95. The summed E-state index contributed by atoms with van der Waals surface area (Å²) in [5.41, 5.74) is 0.941. The molecule has 0 aliphatic carbocycles. The summed E-state index contributed by atoms with van der Waals surface area (Å²) >= 11 is 0. The molecule has 0 aromatic heterocycles. The molecule has 0 radical (unpaired) electrons. The molecule has 1 heterocycles. The Morgan fingerprint density at radius 2 is 2.10 bits per heavy atom. The predicted octanol–water partition coefficient (Wildman–Crippen LogP) is 1.39. The Hall–Kier alpha value is -1.59. The molecule has 0 bridgehead atoms. The summed E-state index contributed by atoms with van der Waals surface area (Å²) in [7, 11) is 0. The Labute approximate surface area is 118 Å². The van der Waals surface area contributed by atoms with Crippen molar-refractivity contribution in [2.75, 3.05) is 19.7 Å². The first-order valence-electron chi connectivity index (χ1n) is 6.95. The molecule has 5 heteroatoms. The molecule has 1 saturated heterocycles. The summed E-state index contributed by atoms with van der Waals surface area (Å²) in [6.07, 6.45) is 0.298. The molecular formula is C15H21NO4. The Balaban J connectivity index is 1.79. The van der Waals surface area contributed by atoms with Crippen molar-refractivity contribution >= 4 is 6.09 Å². The van der Waals surface area contributed by atoms with Crippen LogP contribution in [0.4, 0.5) is 4.79 Å². The largest absolute Gasteiger partial charge is 0.445 e. The zero-order valence-corrected chi connectivity index (χ0v) is 11.4. The summed E-state index contributed by atoms with van der Waals surface area (Å²) in [5.74, 6) is 0.0678. The monoisotopic (exact) mass is 279 g/mol. The van der Waals surface area contributed by atoms with Crippen LogP contribution in [0.25, 0.3) is 0 Å². The third-order valence-corrected chi connectivity index (χ3v) is 3.68. The number of aliphatic hydroxyl groups is 2. The molecule has 20 heavy (non-hydrogen) atoms. The number of piperidine rings is 1. The molecule has 2 unspecified atom stereocenters. The van der Waals surface area contributed by atoms with Crippen LogP contribution >= 0.6 is 0 Å². The van der Waals surface area contributed by atoms with E-state index in [2.05, 4.69) is 0 Å². The molecule has 1 aliphatic rings. The van der Waals surface area contributed by atoms with Crippen LogP contribution in [0, 0.1) is 5.92 Å². The number of ether oxygens (including phenoxy) is 1. The van der Waals surface area contributed by atoms with E-state index in [9.17, 15) is 9.90 Å². The Kier molecular flexibility index (Phi) is 5.38. The van der Waals surface area contributed by atoms with Crippen molar-refractivity contribution in [3.05, 3.63) is 35.9 Å². The number of β-amino-alcohol motifs (C(OH)–C–C–N with tert-alkyl or cyclic N) is 1. The molecule has 2 rings (SSSR count). The van der Waals surface area contributed by atoms with Gasteiger partial charge in [-0.1, -0.05) is 30.3 Å². The Bertz CT molecular complexity index is 423. The average Bonchev–Trinajstić information content (AvgIpc) is 2.48. The topological polar surface area (TPSA) is 70.0 Å². The lowest BCUT2D eigenvalue weighted by Gasteiger charge is -2.35. The minimum atomic E-state index is -0.583. The molecule has 1 fully saturated rings. The van der Waals surface area contributed by atoms with E-state index in [0.29, 0.717) is 19.4 Å². The van der Waals surface area contributed by atoms with Crippen LogP contribution in [0.3, 0.4) is 0 Å². The van der Waals surface area contributed by atoms with Crippen LogP contribution in [-0.4, -0.2) is 47.0 Å². The first kappa shape index (κ1) is 14.8. The molecule has 5 nitrogen and oxygen atoms in total. The number of likely N-dealkylation sites (tertiary alicyclic amines) is 1. The van der Waals surface area contributed by atoms with Crippen LogP contribution in [-0.2, 0) is 11.3 Å². The first-order chi connectivity index (χ1) is 9.70. The van der Waals surface area contributed by atoms with E-state index in [-0.39, 0.29) is 25.7 Å². The third-order valence-electron chi connectivity index (χ3n) is 3.68. The highest BCUT2D eigenvalue weighted by atomic mass is 16.6. The van der Waals surface area contributed by atoms with E-state index < -0.39 is 12.2 Å². The van der Waals surface area contributed by atoms with Gasteiger partial charge in [0, 0.05) is 13.2 Å². The molecule has 0 spiro atoms. The van der Waals surface area contributed by atoms with E-state index >= 15 is 0 Å². The average molecular weight is 279 g/mol. The number of nitrogens with zero attached hydrogens (tertiary/aromatic N) is 1. The zero-order valence-electron chi connectivity index (χ0n) is 11.4. The lowest BCUT2D eigenvalue weighted by atomic mass is 9.91. The van der Waals surface area contributed by atoms with E-state index in [1.54, 1.807) is 0 Å². The second kappa shape index (κ2) is 7.26. The number of carbonyl (C=O) groups is 1. The van der Waals surface area contributed by atoms with E-state index in [0.717, 1.165) is 5.56 Å². The Morgan fingerprint density at radius 1 is 1.35 bits per heavy atom. The maximum Gasteiger partial charge on any atom is 0.410 e. The van der Waals surface area contributed by atoms with Crippen LogP contribution in [0.5, 0.6) is 0 Å². The smallest absolute Gasteiger partial charge is 0.410 e. The summed E-state index contributed by atoms with van der Waals surface area (Å²) in [4.78, 5) is 13.5. The lowest BCUT2D eigenvalue weighted by Crippen LogP contribution is -2.46. The number of hydrogen-bond acceptors (Lipinski definition) is 4. The molecule has 0 saturated carbocycles. The van der Waals surface area contributed by atoms with Crippen LogP contribution in [0.2, 0.25) is 0 Å². The van der Waals surface area contributed by atoms with Crippen LogP contribution < -0.4 is 0 Å². The van der Waals surface area contributed by atoms with Crippen LogP contribution in [0.1, 0.15) is 18.4 Å². The fourth-order valence-electron chi connectivity index (χ4n) is 2.46. The number of carbonyl (C=O) groups excluding carboxylic acids is 1. The number of aliphatic hydroxyl groups excluding tert-OH is 2. The normalized spacial score (nSPS) is 22.6. The lowest BCUT2D eigenvalue weighted by molar-refractivity contribution is 0.00631. The maximum atomic E-state index is 11.9. The molecule has 2 atom stereocenters.